The lowest BCUT2D eigenvalue weighted by atomic mass is 9.98. The highest BCUT2D eigenvalue weighted by molar-refractivity contribution is 6.67. The van der Waals surface area contributed by atoms with Crippen LogP contribution in [-0.2, 0) is 9.47 Å². The van der Waals surface area contributed by atoms with Crippen molar-refractivity contribution in [3.8, 4) is 22.6 Å². The van der Waals surface area contributed by atoms with E-state index in [2.05, 4.69) is 34.9 Å². The van der Waals surface area contributed by atoms with Gasteiger partial charge in [-0.3, -0.25) is 10.1 Å². The normalized spacial score (nSPS) is 15.4. The number of benzene rings is 3. The van der Waals surface area contributed by atoms with Gasteiger partial charge in [0.05, 0.1) is 37.6 Å². The van der Waals surface area contributed by atoms with Crippen molar-refractivity contribution in [2.24, 2.45) is 0 Å². The van der Waals surface area contributed by atoms with E-state index >= 15 is 0 Å². The summed E-state index contributed by atoms with van der Waals surface area (Å²) in [5.74, 6) is 0.00593. The minimum absolute atomic E-state index is 0.0452. The third kappa shape index (κ3) is 8.57. The zero-order chi connectivity index (χ0) is 34.3. The molecule has 3 amide bonds. The molecule has 256 valence electrons. The fraction of sp³-hybridized carbons (Fsp3) is 0.382. The first-order valence-corrected chi connectivity index (χ1v) is 16.6. The van der Waals surface area contributed by atoms with Crippen LogP contribution in [0.15, 0.2) is 60.7 Å². The number of carbonyl (C=O) groups is 3. The molecule has 1 heterocycles. The second-order valence-electron chi connectivity index (χ2n) is 11.3. The van der Waals surface area contributed by atoms with Gasteiger partial charge in [-0.1, -0.05) is 83.3 Å². The maximum Gasteiger partial charge on any atom is 0.411 e. The number of likely N-dealkylation sites (tertiary alicyclic amines) is 1. The summed E-state index contributed by atoms with van der Waals surface area (Å²) in [7, 11) is 1.42. The van der Waals surface area contributed by atoms with Gasteiger partial charge in [-0.25, -0.2) is 9.59 Å². The average Bonchev–Trinajstić information content (AvgIpc) is 3.68. The van der Waals surface area contributed by atoms with Crippen LogP contribution in [0.3, 0.4) is 0 Å². The fourth-order valence-corrected chi connectivity index (χ4v) is 6.11. The number of fused-ring (bicyclic) bond motifs is 3. The van der Waals surface area contributed by atoms with Crippen LogP contribution < -0.4 is 20.1 Å². The van der Waals surface area contributed by atoms with Crippen molar-refractivity contribution >= 4 is 58.6 Å². The standard InChI is InChI=1S/C34H36Cl3N3O8/c1-45-29-16-26(31(42)40-14-6-8-21(40)18-41)28(39-33(44)48-20-34(35,36)37)17-30(29)46-15-7-13-38-32(43)47-19-27-24-11-4-2-9-22(24)23-10-3-5-12-25(23)27/h2-5,9-12,16-17,21,27,41H,6-8,13-15,18-20H2,1H3,(H,38,43)(H,39,44)/t21-/m0/s1. The zero-order valence-electron chi connectivity index (χ0n) is 26.2. The molecule has 3 aromatic rings. The van der Waals surface area contributed by atoms with Gasteiger partial charge in [0.15, 0.2) is 11.5 Å². The Labute approximate surface area is 293 Å². The Hall–Kier alpha value is -3.90. The third-order valence-corrected chi connectivity index (χ3v) is 8.51. The fourth-order valence-electron chi connectivity index (χ4n) is 5.95. The van der Waals surface area contributed by atoms with Crippen LogP contribution in [-0.4, -0.2) is 84.6 Å². The number of aliphatic hydroxyl groups excluding tert-OH is 1. The SMILES string of the molecule is COc1cc(C(=O)N2CCC[C@H]2CO)c(NC(=O)OCC(Cl)(Cl)Cl)cc1OCCCNC(=O)OCC1c2ccccc2-c2ccccc21. The maximum atomic E-state index is 13.5. The number of alkyl carbamates (subject to hydrolysis) is 1. The quantitative estimate of drug-likeness (QED) is 0.142. The molecule has 5 rings (SSSR count). The number of anilines is 1. The molecule has 1 aliphatic carbocycles. The van der Waals surface area contributed by atoms with Crippen molar-refractivity contribution in [2.75, 3.05) is 51.9 Å². The van der Waals surface area contributed by atoms with Crippen molar-refractivity contribution in [1.82, 2.24) is 10.2 Å². The molecule has 14 heteroatoms. The van der Waals surface area contributed by atoms with Crippen LogP contribution in [0.25, 0.3) is 11.1 Å². The average molecular weight is 721 g/mol. The highest BCUT2D eigenvalue weighted by Crippen LogP contribution is 2.44. The van der Waals surface area contributed by atoms with Gasteiger partial charge >= 0.3 is 12.2 Å². The first-order valence-electron chi connectivity index (χ1n) is 15.5. The van der Waals surface area contributed by atoms with Gasteiger partial charge in [-0.2, -0.15) is 0 Å². The number of ether oxygens (including phenoxy) is 4. The van der Waals surface area contributed by atoms with E-state index in [-0.39, 0.29) is 61.1 Å². The molecule has 0 radical (unpaired) electrons. The largest absolute Gasteiger partial charge is 0.493 e. The number of alkyl halides is 3. The van der Waals surface area contributed by atoms with Gasteiger partial charge in [0.2, 0.25) is 3.79 Å². The summed E-state index contributed by atoms with van der Waals surface area (Å²) in [4.78, 5) is 40.2. The van der Waals surface area contributed by atoms with E-state index in [1.807, 2.05) is 24.3 Å². The lowest BCUT2D eigenvalue weighted by molar-refractivity contribution is 0.0678. The van der Waals surface area contributed by atoms with Crippen molar-refractivity contribution in [3.63, 3.8) is 0 Å². The molecule has 11 nitrogen and oxygen atoms in total. The van der Waals surface area contributed by atoms with Gasteiger partial charge in [-0.15, -0.1) is 0 Å². The molecule has 3 aromatic carbocycles. The smallest absolute Gasteiger partial charge is 0.411 e. The molecule has 0 unspecified atom stereocenters. The minimum atomic E-state index is -1.83. The summed E-state index contributed by atoms with van der Waals surface area (Å²) in [6.07, 6.45) is 0.291. The zero-order valence-corrected chi connectivity index (χ0v) is 28.4. The predicted molar refractivity (Wildman–Crippen MR) is 183 cm³/mol. The van der Waals surface area contributed by atoms with E-state index in [0.29, 0.717) is 19.4 Å². The number of nitrogens with zero attached hydrogens (tertiary/aromatic N) is 1. The third-order valence-electron chi connectivity index (χ3n) is 8.18. The van der Waals surface area contributed by atoms with Crippen molar-refractivity contribution in [1.29, 1.82) is 0 Å². The van der Waals surface area contributed by atoms with Crippen molar-refractivity contribution < 1.29 is 38.4 Å². The Morgan fingerprint density at radius 2 is 1.65 bits per heavy atom. The van der Waals surface area contributed by atoms with Crippen molar-refractivity contribution in [3.05, 3.63) is 77.4 Å². The molecule has 48 heavy (non-hydrogen) atoms. The Bertz CT molecular complexity index is 1590. The van der Waals surface area contributed by atoms with Crippen molar-refractivity contribution in [2.45, 2.75) is 35.0 Å². The van der Waals surface area contributed by atoms with E-state index in [1.165, 1.54) is 19.2 Å². The molecular formula is C34H36Cl3N3O8. The molecule has 0 aromatic heterocycles. The summed E-state index contributed by atoms with van der Waals surface area (Å²) in [6.45, 7) is 0.349. The van der Waals surface area contributed by atoms with E-state index in [0.717, 1.165) is 28.7 Å². The molecular weight excluding hydrogens is 685 g/mol. The van der Waals surface area contributed by atoms with Crippen LogP contribution in [0.5, 0.6) is 11.5 Å². The van der Waals surface area contributed by atoms with Gasteiger partial charge in [-0.05, 0) is 47.6 Å². The number of aliphatic hydroxyl groups is 1. The number of hydrogen-bond acceptors (Lipinski definition) is 8. The van der Waals surface area contributed by atoms with E-state index in [9.17, 15) is 19.5 Å². The minimum Gasteiger partial charge on any atom is -0.493 e. The number of amides is 3. The highest BCUT2D eigenvalue weighted by Gasteiger charge is 2.32. The number of carbonyl (C=O) groups excluding carboxylic acids is 3. The first-order chi connectivity index (χ1) is 23.1. The summed E-state index contributed by atoms with van der Waals surface area (Å²) in [5, 5.41) is 15.0. The van der Waals surface area contributed by atoms with Crippen LogP contribution in [0.4, 0.5) is 15.3 Å². The molecule has 1 aliphatic heterocycles. The topological polar surface area (TPSA) is 136 Å². The number of hydrogen-bond donors (Lipinski definition) is 3. The maximum absolute atomic E-state index is 13.5. The Kier molecular flexibility index (Phi) is 11.8. The molecule has 0 bridgehead atoms. The van der Waals surface area contributed by atoms with E-state index < -0.39 is 28.5 Å². The summed E-state index contributed by atoms with van der Waals surface area (Å²) in [5.41, 5.74) is 4.73. The van der Waals surface area contributed by atoms with Crippen LogP contribution >= 0.6 is 34.8 Å². The molecule has 2 aliphatic rings. The van der Waals surface area contributed by atoms with Gasteiger partial charge in [0.25, 0.3) is 5.91 Å². The van der Waals surface area contributed by atoms with Crippen LogP contribution in [0, 0.1) is 0 Å². The lowest BCUT2D eigenvalue weighted by Gasteiger charge is -2.25. The molecule has 3 N–H and O–H groups in total. The van der Waals surface area contributed by atoms with E-state index in [1.54, 1.807) is 4.90 Å². The molecule has 0 spiro atoms. The second kappa shape index (κ2) is 16.0. The first kappa shape index (κ1) is 35.4. The molecule has 1 fully saturated rings. The number of methoxy groups -OCH3 is 1. The van der Waals surface area contributed by atoms with Gasteiger partial charge in [0.1, 0.15) is 13.2 Å². The molecule has 1 saturated heterocycles. The Balaban J connectivity index is 1.18. The van der Waals surface area contributed by atoms with Gasteiger partial charge in [0, 0.05) is 25.1 Å². The monoisotopic (exact) mass is 719 g/mol. The summed E-state index contributed by atoms with van der Waals surface area (Å²) < 4.78 is 20.2. The van der Waals surface area contributed by atoms with Gasteiger partial charge < -0.3 is 34.3 Å². The molecule has 1 atom stereocenters. The lowest BCUT2D eigenvalue weighted by Crippen LogP contribution is -2.38. The Morgan fingerprint density at radius 3 is 2.29 bits per heavy atom. The second-order valence-corrected chi connectivity index (χ2v) is 13.8. The van der Waals surface area contributed by atoms with Crippen LogP contribution in [0.2, 0.25) is 0 Å². The Morgan fingerprint density at radius 1 is 0.958 bits per heavy atom. The predicted octanol–water partition coefficient (Wildman–Crippen LogP) is 6.52. The van der Waals surface area contributed by atoms with E-state index in [4.69, 9.17) is 53.8 Å². The molecule has 0 saturated carbocycles. The highest BCUT2D eigenvalue weighted by atomic mass is 35.6. The number of nitrogens with one attached hydrogen (secondary N) is 2. The van der Waals surface area contributed by atoms with Crippen LogP contribution in [0.1, 0.15) is 46.7 Å². The summed E-state index contributed by atoms with van der Waals surface area (Å²) >= 11 is 17.1. The summed E-state index contributed by atoms with van der Waals surface area (Å²) in [6, 6.07) is 18.8. The number of rotatable bonds is 12. The number of halogens is 3.